The fourth-order valence-corrected chi connectivity index (χ4v) is 0.613. The summed E-state index contributed by atoms with van der Waals surface area (Å²) in [6.07, 6.45) is 2.08. The number of carboxylic acid groups (broad SMARTS) is 2. The molecule has 0 saturated heterocycles. The lowest BCUT2D eigenvalue weighted by atomic mass is 10.1. The molecule has 0 heterocycles. The molecular formula is C10H21NO4. The summed E-state index contributed by atoms with van der Waals surface area (Å²) < 4.78 is 0. The molecule has 15 heavy (non-hydrogen) atoms. The monoisotopic (exact) mass is 219 g/mol. The van der Waals surface area contributed by atoms with Crippen LogP contribution in [0.1, 0.15) is 40.0 Å². The highest BCUT2D eigenvalue weighted by Gasteiger charge is 2.14. The minimum atomic E-state index is -0.931. The van der Waals surface area contributed by atoms with Gasteiger partial charge in [-0.3, -0.25) is 9.59 Å². The highest BCUT2D eigenvalue weighted by molar-refractivity contribution is 5.73. The Morgan fingerprint density at radius 3 is 1.80 bits per heavy atom. The second kappa shape index (κ2) is 9.45. The lowest BCUT2D eigenvalue weighted by Gasteiger charge is -2.07. The highest BCUT2D eigenvalue weighted by Crippen LogP contribution is 1.96. The summed E-state index contributed by atoms with van der Waals surface area (Å²) in [6.45, 7) is 5.53. The Morgan fingerprint density at radius 1 is 1.27 bits per heavy atom. The van der Waals surface area contributed by atoms with Crippen molar-refractivity contribution in [3.05, 3.63) is 0 Å². The number of carbonyl (C=O) groups is 2. The third-order valence-electron chi connectivity index (χ3n) is 1.75. The lowest BCUT2D eigenvalue weighted by molar-refractivity contribution is -0.139. The van der Waals surface area contributed by atoms with Crippen molar-refractivity contribution in [1.82, 2.24) is 0 Å². The molecule has 0 aliphatic heterocycles. The molecule has 0 spiro atoms. The Balaban J connectivity index is 0. The van der Waals surface area contributed by atoms with E-state index >= 15 is 0 Å². The summed E-state index contributed by atoms with van der Waals surface area (Å²) in [5.41, 5.74) is 5.16. The zero-order valence-corrected chi connectivity index (χ0v) is 9.56. The van der Waals surface area contributed by atoms with Crippen LogP contribution >= 0.6 is 0 Å². The van der Waals surface area contributed by atoms with Gasteiger partial charge in [-0.15, -0.1) is 0 Å². The van der Waals surface area contributed by atoms with Crippen LogP contribution in [0, 0.1) is 5.92 Å². The number of nitrogens with two attached hydrogens (primary N) is 1. The average Bonchev–Trinajstić information content (AvgIpc) is 2.14. The van der Waals surface area contributed by atoms with Crippen LogP contribution in [0.4, 0.5) is 0 Å². The van der Waals surface area contributed by atoms with Crippen LogP contribution in [0.25, 0.3) is 0 Å². The van der Waals surface area contributed by atoms with Gasteiger partial charge in [-0.25, -0.2) is 0 Å². The highest BCUT2D eigenvalue weighted by atomic mass is 16.4. The normalized spacial score (nSPS) is 11.5. The zero-order valence-electron chi connectivity index (χ0n) is 9.56. The quantitative estimate of drug-likeness (QED) is 0.647. The molecule has 0 unspecified atom stereocenters. The Hall–Kier alpha value is -1.10. The molecule has 0 aromatic rings. The Labute approximate surface area is 90.3 Å². The van der Waals surface area contributed by atoms with Crippen LogP contribution in [0.15, 0.2) is 0 Å². The van der Waals surface area contributed by atoms with Crippen LogP contribution in [0.3, 0.4) is 0 Å². The molecule has 0 aromatic heterocycles. The predicted octanol–water partition coefficient (Wildman–Crippen LogP) is 1.32. The number of rotatable bonds is 5. The van der Waals surface area contributed by atoms with Gasteiger partial charge in [-0.2, -0.15) is 0 Å². The summed E-state index contributed by atoms with van der Waals surface area (Å²) >= 11 is 0. The van der Waals surface area contributed by atoms with Crippen molar-refractivity contribution in [2.45, 2.75) is 46.1 Å². The van der Waals surface area contributed by atoms with E-state index < -0.39 is 18.0 Å². The molecule has 4 N–H and O–H groups in total. The van der Waals surface area contributed by atoms with E-state index in [1.807, 2.05) is 6.92 Å². The smallest absolute Gasteiger partial charge is 0.320 e. The maximum Gasteiger partial charge on any atom is 0.320 e. The first-order valence-electron chi connectivity index (χ1n) is 5.03. The Morgan fingerprint density at radius 2 is 1.73 bits per heavy atom. The zero-order chi connectivity index (χ0) is 12.4. The number of carboxylic acids is 2. The van der Waals surface area contributed by atoms with Crippen molar-refractivity contribution < 1.29 is 19.8 Å². The molecule has 1 atom stereocenters. The Bertz CT molecular complexity index is 192. The molecule has 0 aliphatic rings. The first-order valence-corrected chi connectivity index (χ1v) is 5.03. The summed E-state index contributed by atoms with van der Waals surface area (Å²) in [5.74, 6) is -1.60. The van der Waals surface area contributed by atoms with Gasteiger partial charge in [0.05, 0.1) is 0 Å². The summed E-state index contributed by atoms with van der Waals surface area (Å²) in [7, 11) is 0. The minimum absolute atomic E-state index is 0.0208. The summed E-state index contributed by atoms with van der Waals surface area (Å²) in [4.78, 5) is 19.8. The lowest BCUT2D eigenvalue weighted by Crippen LogP contribution is -2.34. The van der Waals surface area contributed by atoms with Crippen molar-refractivity contribution in [3.8, 4) is 0 Å². The van der Waals surface area contributed by atoms with E-state index in [4.69, 9.17) is 15.9 Å². The van der Waals surface area contributed by atoms with Gasteiger partial charge in [0.2, 0.25) is 0 Å². The molecule has 90 valence electrons. The third kappa shape index (κ3) is 12.9. The van der Waals surface area contributed by atoms with Crippen molar-refractivity contribution >= 4 is 11.9 Å². The van der Waals surface area contributed by atoms with Crippen LogP contribution in [0.2, 0.25) is 0 Å². The van der Waals surface area contributed by atoms with Crippen LogP contribution in [-0.2, 0) is 9.59 Å². The number of unbranched alkanes of at least 4 members (excludes halogenated alkanes) is 1. The van der Waals surface area contributed by atoms with Gasteiger partial charge in [0.25, 0.3) is 0 Å². The maximum atomic E-state index is 10.0. The molecule has 0 saturated carbocycles. The molecule has 0 amide bonds. The van der Waals surface area contributed by atoms with Gasteiger partial charge in [-0.05, 0) is 12.3 Å². The van der Waals surface area contributed by atoms with Gasteiger partial charge in [0.15, 0.2) is 0 Å². The van der Waals surface area contributed by atoms with Crippen molar-refractivity contribution in [2.75, 3.05) is 0 Å². The summed E-state index contributed by atoms with van der Waals surface area (Å²) in [5, 5.41) is 16.3. The fraction of sp³-hybridized carbons (Fsp3) is 0.800. The van der Waals surface area contributed by atoms with E-state index in [2.05, 4.69) is 0 Å². The molecule has 0 radical (unpaired) electrons. The van der Waals surface area contributed by atoms with Gasteiger partial charge < -0.3 is 15.9 Å². The van der Waals surface area contributed by atoms with Crippen LogP contribution in [-0.4, -0.2) is 28.2 Å². The van der Waals surface area contributed by atoms with Gasteiger partial charge in [0, 0.05) is 6.42 Å². The molecule has 5 heteroatoms. The second-order valence-electron chi connectivity index (χ2n) is 3.61. The first kappa shape index (κ1) is 16.3. The van der Waals surface area contributed by atoms with Gasteiger partial charge in [0.1, 0.15) is 6.04 Å². The molecule has 0 aromatic carbocycles. The predicted molar refractivity (Wildman–Crippen MR) is 57.6 cm³/mol. The standard InChI is InChI=1S/C5H11NO2.C5H10O2/c1-3(2)4(6)5(7)8;1-2-3-4-5(6)7/h3-4H,6H2,1-2H3,(H,7,8);2-4H2,1H3,(H,6,7)/t4-;/m0./s1. The topological polar surface area (TPSA) is 101 Å². The van der Waals surface area contributed by atoms with Crippen LogP contribution in [0.5, 0.6) is 0 Å². The van der Waals surface area contributed by atoms with E-state index in [0.717, 1.165) is 12.8 Å². The largest absolute Gasteiger partial charge is 0.481 e. The van der Waals surface area contributed by atoms with E-state index in [1.54, 1.807) is 13.8 Å². The first-order chi connectivity index (χ1) is 6.82. The van der Waals surface area contributed by atoms with E-state index in [0.29, 0.717) is 6.42 Å². The molecular weight excluding hydrogens is 198 g/mol. The summed E-state index contributed by atoms with van der Waals surface area (Å²) in [6, 6.07) is -0.713. The van der Waals surface area contributed by atoms with Gasteiger partial charge >= 0.3 is 11.9 Å². The number of hydrogen-bond donors (Lipinski definition) is 3. The molecule has 0 bridgehead atoms. The Kier molecular flexibility index (Phi) is 10.3. The number of aliphatic carboxylic acids is 2. The second-order valence-corrected chi connectivity index (χ2v) is 3.61. The van der Waals surface area contributed by atoms with Crippen molar-refractivity contribution in [1.29, 1.82) is 0 Å². The SMILES string of the molecule is CC(C)[C@H](N)C(=O)O.CCCCC(=O)O. The minimum Gasteiger partial charge on any atom is -0.481 e. The van der Waals surface area contributed by atoms with E-state index in [9.17, 15) is 9.59 Å². The van der Waals surface area contributed by atoms with E-state index in [-0.39, 0.29) is 5.92 Å². The van der Waals surface area contributed by atoms with Gasteiger partial charge in [-0.1, -0.05) is 27.2 Å². The molecule has 5 nitrogen and oxygen atoms in total. The van der Waals surface area contributed by atoms with Crippen LogP contribution < -0.4 is 5.73 Å². The maximum absolute atomic E-state index is 10.0. The molecule has 0 aliphatic carbocycles. The average molecular weight is 219 g/mol. The fourth-order valence-electron chi connectivity index (χ4n) is 0.613. The van der Waals surface area contributed by atoms with Crippen molar-refractivity contribution in [2.24, 2.45) is 11.7 Å². The van der Waals surface area contributed by atoms with E-state index in [1.165, 1.54) is 0 Å². The van der Waals surface area contributed by atoms with Crippen molar-refractivity contribution in [3.63, 3.8) is 0 Å². The molecule has 0 fully saturated rings. The number of hydrogen-bond acceptors (Lipinski definition) is 3. The molecule has 0 rings (SSSR count). The third-order valence-corrected chi connectivity index (χ3v) is 1.75.